The number of carbonyl (C=O) groups excluding carboxylic acids is 1. The molecule has 1 N–H and O–H groups in total. The summed E-state index contributed by atoms with van der Waals surface area (Å²) in [4.78, 5) is 16.0. The number of carbonyl (C=O) groups is 1. The molecule has 0 aromatic rings. The van der Waals surface area contributed by atoms with E-state index in [1.165, 1.54) is 7.11 Å². The highest BCUT2D eigenvalue weighted by molar-refractivity contribution is 5.75. The van der Waals surface area contributed by atoms with Gasteiger partial charge in [0.1, 0.15) is 36.6 Å². The van der Waals surface area contributed by atoms with Gasteiger partial charge in [0.2, 0.25) is 0 Å². The molecule has 0 saturated carbocycles. The van der Waals surface area contributed by atoms with Crippen LogP contribution in [0.2, 0.25) is 0 Å². The average molecular weight is 604 g/mol. The Morgan fingerprint density at radius 3 is 2.21 bits per heavy atom. The van der Waals surface area contributed by atoms with Gasteiger partial charge in [-0.05, 0) is 38.6 Å². The van der Waals surface area contributed by atoms with Crippen molar-refractivity contribution in [2.45, 2.75) is 140 Å². The number of hydrogen-bond donors (Lipinski definition) is 1. The van der Waals surface area contributed by atoms with Crippen molar-refractivity contribution in [1.82, 2.24) is 0 Å². The Bertz CT molecular complexity index is 874. The lowest BCUT2D eigenvalue weighted by atomic mass is 9.95. The Morgan fingerprint density at radius 1 is 0.952 bits per heavy atom. The lowest BCUT2D eigenvalue weighted by Crippen LogP contribution is -2.65. The molecule has 10 atom stereocenters. The molecule has 3 aliphatic rings. The minimum Gasteiger partial charge on any atom is -0.467 e. The van der Waals surface area contributed by atoms with Gasteiger partial charge in [-0.3, -0.25) is 0 Å². The number of fused-ring (bicyclic) bond motifs is 1. The second-order valence-electron chi connectivity index (χ2n) is 11.2. The lowest BCUT2D eigenvalue weighted by Gasteiger charge is -2.47. The largest absolute Gasteiger partial charge is 0.467 e. The molecular weight excluding hydrogens is 554 g/mol. The molecule has 6 unspecified atom stereocenters. The Balaban J connectivity index is 1.95. The third kappa shape index (κ3) is 8.98. The molecule has 14 heteroatoms. The van der Waals surface area contributed by atoms with E-state index in [2.05, 4.69) is 16.9 Å². The van der Waals surface area contributed by atoms with Crippen molar-refractivity contribution in [3.63, 3.8) is 0 Å². The van der Waals surface area contributed by atoms with Gasteiger partial charge in [0, 0.05) is 24.7 Å². The molecule has 0 amide bonds. The maximum Gasteiger partial charge on any atom is 0.337 e. The molecule has 0 bridgehead atoms. The highest BCUT2D eigenvalue weighted by Crippen LogP contribution is 2.40. The fraction of sp³-hybridized carbons (Fsp3) is 0.964. The number of rotatable bonds is 17. The fourth-order valence-electron chi connectivity index (χ4n) is 5.17. The average Bonchev–Trinajstić information content (AvgIpc) is 3.28. The van der Waals surface area contributed by atoms with Crippen molar-refractivity contribution < 1.29 is 52.5 Å². The van der Waals surface area contributed by atoms with Crippen LogP contribution in [0.15, 0.2) is 5.11 Å². The van der Waals surface area contributed by atoms with Crippen LogP contribution >= 0.6 is 0 Å². The van der Waals surface area contributed by atoms with Crippen molar-refractivity contribution in [3.05, 3.63) is 10.4 Å². The number of methoxy groups -OCH3 is 1. The molecule has 3 heterocycles. The monoisotopic (exact) mass is 603 g/mol. The first-order valence-corrected chi connectivity index (χ1v) is 15.1. The standard InChI is InChI=1S/C28H49N3O11/c1-7-10-13-35-16-17-19(32)20(36-14-11-8-2)18(30-31-29)26(38-17)39-22-21(37-15-12-9-3)24-27(42-28(4,5)41-24)40-23(22)25(33)34-6/h17-24,26-27,32H,7-16H2,1-6H3/t17?,18?,19-,20?,21?,22+,23?,24?,26-,27-/m1/s1. The zero-order valence-electron chi connectivity index (χ0n) is 25.7. The summed E-state index contributed by atoms with van der Waals surface area (Å²) in [5.74, 6) is -1.71. The number of nitrogens with zero attached hydrogens (tertiary/aromatic N) is 3. The molecule has 0 aliphatic carbocycles. The summed E-state index contributed by atoms with van der Waals surface area (Å²) in [7, 11) is 1.25. The number of unbranched alkanes of at least 4 members (excludes halogenated alkanes) is 3. The Morgan fingerprint density at radius 2 is 1.60 bits per heavy atom. The second-order valence-corrected chi connectivity index (χ2v) is 11.2. The van der Waals surface area contributed by atoms with E-state index in [9.17, 15) is 15.4 Å². The van der Waals surface area contributed by atoms with Gasteiger partial charge >= 0.3 is 5.97 Å². The maximum atomic E-state index is 13.0. The van der Waals surface area contributed by atoms with Crippen LogP contribution in [0.25, 0.3) is 10.4 Å². The highest BCUT2D eigenvalue weighted by Gasteiger charge is 2.59. The summed E-state index contributed by atoms with van der Waals surface area (Å²) in [6, 6.07) is -1.10. The van der Waals surface area contributed by atoms with Crippen molar-refractivity contribution in [2.24, 2.45) is 5.11 Å². The van der Waals surface area contributed by atoms with Gasteiger partial charge in [-0.25, -0.2) is 4.79 Å². The smallest absolute Gasteiger partial charge is 0.337 e. The van der Waals surface area contributed by atoms with Crippen molar-refractivity contribution >= 4 is 5.97 Å². The van der Waals surface area contributed by atoms with E-state index in [4.69, 9.17) is 42.6 Å². The van der Waals surface area contributed by atoms with Gasteiger partial charge in [0.05, 0.1) is 19.8 Å². The van der Waals surface area contributed by atoms with Gasteiger partial charge in [-0.15, -0.1) is 0 Å². The van der Waals surface area contributed by atoms with Crippen LogP contribution < -0.4 is 0 Å². The summed E-state index contributed by atoms with van der Waals surface area (Å²) in [5, 5.41) is 15.1. The molecular formula is C28H49N3O11. The zero-order valence-corrected chi connectivity index (χ0v) is 25.7. The maximum absolute atomic E-state index is 13.0. The molecule has 3 saturated heterocycles. The Kier molecular flexibility index (Phi) is 14.2. The predicted molar refractivity (Wildman–Crippen MR) is 148 cm³/mol. The topological polar surface area (TPSA) is 169 Å². The van der Waals surface area contributed by atoms with Gasteiger partial charge in [0.25, 0.3) is 0 Å². The molecule has 3 fully saturated rings. The molecule has 0 radical (unpaired) electrons. The van der Waals surface area contributed by atoms with Crippen LogP contribution in [0, 0.1) is 0 Å². The number of hydrogen-bond acceptors (Lipinski definition) is 12. The molecule has 14 nitrogen and oxygen atoms in total. The van der Waals surface area contributed by atoms with E-state index in [1.807, 2.05) is 13.8 Å². The minimum atomic E-state index is -1.28. The highest BCUT2D eigenvalue weighted by atomic mass is 16.8. The van der Waals surface area contributed by atoms with E-state index in [-0.39, 0.29) is 6.61 Å². The summed E-state index contributed by atoms with van der Waals surface area (Å²) < 4.78 is 53.9. The van der Waals surface area contributed by atoms with Crippen LogP contribution in [-0.2, 0) is 47.4 Å². The van der Waals surface area contributed by atoms with Gasteiger partial charge in [-0.2, -0.15) is 0 Å². The Hall–Kier alpha value is -1.58. The molecule has 242 valence electrons. The summed E-state index contributed by atoms with van der Waals surface area (Å²) in [6.45, 7) is 10.8. The molecule has 0 spiro atoms. The fourth-order valence-corrected chi connectivity index (χ4v) is 5.17. The number of aliphatic hydroxyl groups is 1. The predicted octanol–water partition coefficient (Wildman–Crippen LogP) is 3.37. The minimum absolute atomic E-state index is 0.0610. The summed E-state index contributed by atoms with van der Waals surface area (Å²) >= 11 is 0. The first-order chi connectivity index (χ1) is 20.2. The van der Waals surface area contributed by atoms with Crippen molar-refractivity contribution in [1.29, 1.82) is 0 Å². The van der Waals surface area contributed by atoms with Crippen LogP contribution in [0.5, 0.6) is 0 Å². The zero-order chi connectivity index (χ0) is 30.7. The molecule has 0 aromatic carbocycles. The van der Waals surface area contributed by atoms with Crippen LogP contribution in [0.4, 0.5) is 0 Å². The van der Waals surface area contributed by atoms with Crippen LogP contribution in [0.3, 0.4) is 0 Å². The van der Waals surface area contributed by atoms with Gasteiger partial charge < -0.3 is 47.7 Å². The normalized spacial score (nSPS) is 35.8. The first kappa shape index (κ1) is 34.9. The number of esters is 1. The van der Waals surface area contributed by atoms with Crippen molar-refractivity contribution in [2.75, 3.05) is 33.5 Å². The molecule has 3 rings (SSSR count). The number of aliphatic hydroxyl groups excluding tert-OH is 1. The Labute approximate surface area is 248 Å². The lowest BCUT2D eigenvalue weighted by molar-refractivity contribution is -0.328. The first-order valence-electron chi connectivity index (χ1n) is 15.1. The third-order valence-corrected chi connectivity index (χ3v) is 7.41. The second kappa shape index (κ2) is 17.0. The van der Waals surface area contributed by atoms with E-state index in [0.29, 0.717) is 19.8 Å². The van der Waals surface area contributed by atoms with E-state index in [1.54, 1.807) is 13.8 Å². The third-order valence-electron chi connectivity index (χ3n) is 7.41. The van der Waals surface area contributed by atoms with Gasteiger partial charge in [0.15, 0.2) is 24.5 Å². The number of ether oxygens (including phenoxy) is 9. The molecule has 42 heavy (non-hydrogen) atoms. The van der Waals surface area contributed by atoms with E-state index >= 15 is 0 Å². The number of azide groups is 1. The molecule has 0 aromatic heterocycles. The summed E-state index contributed by atoms with van der Waals surface area (Å²) in [5.41, 5.74) is 9.46. The van der Waals surface area contributed by atoms with Crippen LogP contribution in [0.1, 0.15) is 73.1 Å². The SMILES string of the molecule is CCCCOCC1O[C@H](O[C@@H]2C(C(=O)OC)O[C@@H]3OC(C)(C)OC3C2OCCCC)C(N=[N+]=[N-])C(OCCCC)[C@@H]1O. The summed E-state index contributed by atoms with van der Waals surface area (Å²) in [6.07, 6.45) is -4.06. The molecule has 3 aliphatic heterocycles. The van der Waals surface area contributed by atoms with E-state index in [0.717, 1.165) is 38.5 Å². The van der Waals surface area contributed by atoms with Crippen LogP contribution in [-0.4, -0.2) is 112 Å². The van der Waals surface area contributed by atoms with E-state index < -0.39 is 73.1 Å². The van der Waals surface area contributed by atoms with Crippen molar-refractivity contribution in [3.8, 4) is 0 Å². The quantitative estimate of drug-likeness (QED) is 0.0850. The van der Waals surface area contributed by atoms with Gasteiger partial charge in [-0.1, -0.05) is 45.1 Å².